The van der Waals surface area contributed by atoms with E-state index in [1.165, 1.54) is 5.56 Å². The number of nitrogens with zero attached hydrogens (tertiary/aromatic N) is 4. The molecular formula is C22H24N4O2. The van der Waals surface area contributed by atoms with E-state index in [-0.39, 0.29) is 5.91 Å². The van der Waals surface area contributed by atoms with Crippen molar-refractivity contribution in [1.82, 2.24) is 19.6 Å². The molecule has 6 heteroatoms. The monoisotopic (exact) mass is 376 g/mol. The summed E-state index contributed by atoms with van der Waals surface area (Å²) < 4.78 is 7.12. The molecule has 1 fully saturated rings. The molecule has 2 heterocycles. The summed E-state index contributed by atoms with van der Waals surface area (Å²) in [5, 5.41) is 4.46. The number of rotatable bonds is 5. The topological polar surface area (TPSA) is 50.6 Å². The number of hydrogen-bond donors (Lipinski definition) is 0. The van der Waals surface area contributed by atoms with Crippen LogP contribution in [0.1, 0.15) is 15.9 Å². The molecule has 2 aromatic carbocycles. The van der Waals surface area contributed by atoms with Crippen LogP contribution < -0.4 is 4.74 Å². The first-order chi connectivity index (χ1) is 13.7. The summed E-state index contributed by atoms with van der Waals surface area (Å²) in [6.45, 7) is 4.00. The van der Waals surface area contributed by atoms with Gasteiger partial charge in [-0.2, -0.15) is 5.10 Å². The Morgan fingerprint density at radius 3 is 2.57 bits per heavy atom. The lowest BCUT2D eigenvalue weighted by Gasteiger charge is -2.34. The molecule has 1 aliphatic rings. The summed E-state index contributed by atoms with van der Waals surface area (Å²) in [6, 6.07) is 17.4. The normalized spacial score (nSPS) is 14.8. The first-order valence-electron chi connectivity index (χ1n) is 9.47. The number of methoxy groups -OCH3 is 1. The van der Waals surface area contributed by atoms with E-state index in [2.05, 4.69) is 16.2 Å². The zero-order valence-electron chi connectivity index (χ0n) is 16.0. The molecule has 0 saturated carbocycles. The van der Waals surface area contributed by atoms with Crippen LogP contribution in [0.3, 0.4) is 0 Å². The number of hydrogen-bond acceptors (Lipinski definition) is 4. The van der Waals surface area contributed by atoms with Crippen molar-refractivity contribution in [2.24, 2.45) is 0 Å². The van der Waals surface area contributed by atoms with Gasteiger partial charge in [0.25, 0.3) is 5.91 Å². The van der Waals surface area contributed by atoms with E-state index in [9.17, 15) is 4.79 Å². The van der Waals surface area contributed by atoms with Crippen LogP contribution in [0.15, 0.2) is 67.0 Å². The molecule has 0 atom stereocenters. The fourth-order valence-corrected chi connectivity index (χ4v) is 3.47. The molecule has 1 aromatic heterocycles. The minimum Gasteiger partial charge on any atom is -0.497 e. The molecule has 1 saturated heterocycles. The van der Waals surface area contributed by atoms with Crippen molar-refractivity contribution < 1.29 is 9.53 Å². The van der Waals surface area contributed by atoms with Crippen LogP contribution in [0, 0.1) is 0 Å². The van der Waals surface area contributed by atoms with Gasteiger partial charge in [0.2, 0.25) is 0 Å². The van der Waals surface area contributed by atoms with Gasteiger partial charge >= 0.3 is 0 Å². The number of carbonyl (C=O) groups is 1. The second-order valence-corrected chi connectivity index (χ2v) is 6.93. The third-order valence-corrected chi connectivity index (χ3v) is 5.04. The van der Waals surface area contributed by atoms with E-state index in [1.54, 1.807) is 13.2 Å². The third-order valence-electron chi connectivity index (χ3n) is 5.04. The Bertz CT molecular complexity index is 930. The maximum absolute atomic E-state index is 12.7. The predicted molar refractivity (Wildman–Crippen MR) is 108 cm³/mol. The van der Waals surface area contributed by atoms with E-state index in [0.717, 1.165) is 38.4 Å². The number of aromatic nitrogens is 2. The van der Waals surface area contributed by atoms with Gasteiger partial charge in [0.05, 0.1) is 19.0 Å². The molecule has 6 nitrogen and oxygen atoms in total. The number of benzene rings is 2. The number of ether oxygens (including phenoxy) is 1. The maximum Gasteiger partial charge on any atom is 0.254 e. The Balaban J connectivity index is 1.33. The Morgan fingerprint density at radius 1 is 1.04 bits per heavy atom. The Labute approximate surface area is 164 Å². The molecule has 0 unspecified atom stereocenters. The van der Waals surface area contributed by atoms with Gasteiger partial charge < -0.3 is 9.64 Å². The molecule has 0 bridgehead atoms. The smallest absolute Gasteiger partial charge is 0.254 e. The average Bonchev–Trinajstić information content (AvgIpc) is 3.23. The summed E-state index contributed by atoms with van der Waals surface area (Å²) in [4.78, 5) is 17.0. The molecule has 0 N–H and O–H groups in total. The van der Waals surface area contributed by atoms with E-state index in [0.29, 0.717) is 11.3 Å². The molecule has 28 heavy (non-hydrogen) atoms. The molecule has 1 amide bonds. The van der Waals surface area contributed by atoms with Gasteiger partial charge in [-0.25, -0.2) is 4.68 Å². The van der Waals surface area contributed by atoms with Crippen LogP contribution in [-0.4, -0.2) is 58.8 Å². The molecule has 0 spiro atoms. The van der Waals surface area contributed by atoms with E-state index in [4.69, 9.17) is 4.74 Å². The molecule has 1 aliphatic heterocycles. The van der Waals surface area contributed by atoms with E-state index in [1.807, 2.05) is 64.3 Å². The van der Waals surface area contributed by atoms with E-state index >= 15 is 0 Å². The number of amides is 1. The summed E-state index contributed by atoms with van der Waals surface area (Å²) in [5.74, 6) is 0.773. The lowest BCUT2D eigenvalue weighted by molar-refractivity contribution is 0.0628. The second-order valence-electron chi connectivity index (χ2n) is 6.93. The quantitative estimate of drug-likeness (QED) is 0.687. The second kappa shape index (κ2) is 8.27. The van der Waals surface area contributed by atoms with E-state index < -0.39 is 0 Å². The molecule has 0 radical (unpaired) electrons. The zero-order chi connectivity index (χ0) is 19.3. The van der Waals surface area contributed by atoms with Gasteiger partial charge in [0, 0.05) is 50.0 Å². The summed E-state index contributed by atoms with van der Waals surface area (Å²) in [6.07, 6.45) is 3.99. The lowest BCUT2D eigenvalue weighted by Crippen LogP contribution is -2.48. The fraction of sp³-hybridized carbons (Fsp3) is 0.273. The zero-order valence-corrected chi connectivity index (χ0v) is 16.0. The van der Waals surface area contributed by atoms with Crippen LogP contribution in [0.4, 0.5) is 0 Å². The number of piperazine rings is 1. The highest BCUT2D eigenvalue weighted by molar-refractivity contribution is 5.94. The van der Waals surface area contributed by atoms with Gasteiger partial charge in [-0.05, 0) is 30.3 Å². The van der Waals surface area contributed by atoms with Gasteiger partial charge in [0.15, 0.2) is 0 Å². The van der Waals surface area contributed by atoms with Crippen molar-refractivity contribution in [3.8, 4) is 11.4 Å². The highest BCUT2D eigenvalue weighted by Crippen LogP contribution is 2.16. The van der Waals surface area contributed by atoms with Gasteiger partial charge in [-0.15, -0.1) is 0 Å². The first-order valence-corrected chi connectivity index (χ1v) is 9.47. The van der Waals surface area contributed by atoms with Crippen LogP contribution in [-0.2, 0) is 6.54 Å². The molecule has 0 aliphatic carbocycles. The lowest BCUT2D eigenvalue weighted by atomic mass is 10.1. The van der Waals surface area contributed by atoms with Crippen LogP contribution in [0.25, 0.3) is 5.69 Å². The van der Waals surface area contributed by atoms with Gasteiger partial charge in [-0.3, -0.25) is 9.69 Å². The van der Waals surface area contributed by atoms with Gasteiger partial charge in [-0.1, -0.05) is 24.3 Å². The number of para-hydroxylation sites is 1. The van der Waals surface area contributed by atoms with Crippen LogP contribution in [0.2, 0.25) is 0 Å². The average molecular weight is 376 g/mol. The highest BCUT2D eigenvalue weighted by Gasteiger charge is 2.22. The minimum atomic E-state index is 0.0652. The highest BCUT2D eigenvalue weighted by atomic mass is 16.5. The standard InChI is InChI=1S/C22H24N4O2/c1-28-21-9-5-6-19(14-21)22(27)25-12-10-24(11-13-25)16-18-15-23-26(17-18)20-7-3-2-4-8-20/h2-9,14-15,17H,10-13,16H2,1H3. The molecular weight excluding hydrogens is 352 g/mol. The Kier molecular flexibility index (Phi) is 5.39. The Hall–Kier alpha value is -3.12. The summed E-state index contributed by atoms with van der Waals surface area (Å²) in [5.41, 5.74) is 2.91. The Morgan fingerprint density at radius 2 is 1.82 bits per heavy atom. The number of carbonyl (C=O) groups excluding carboxylic acids is 1. The predicted octanol–water partition coefficient (Wildman–Crippen LogP) is 2.84. The molecule has 144 valence electrons. The fourth-order valence-electron chi connectivity index (χ4n) is 3.47. The SMILES string of the molecule is COc1cccc(C(=O)N2CCN(Cc3cnn(-c4ccccc4)c3)CC2)c1. The van der Waals surface area contributed by atoms with Crippen LogP contribution in [0.5, 0.6) is 5.75 Å². The van der Waals surface area contributed by atoms with Gasteiger partial charge in [0.1, 0.15) is 5.75 Å². The van der Waals surface area contributed by atoms with Crippen molar-refractivity contribution >= 4 is 5.91 Å². The van der Waals surface area contributed by atoms with Crippen molar-refractivity contribution in [1.29, 1.82) is 0 Å². The van der Waals surface area contributed by atoms with Crippen molar-refractivity contribution in [2.45, 2.75) is 6.54 Å². The van der Waals surface area contributed by atoms with Crippen LogP contribution >= 0.6 is 0 Å². The summed E-state index contributed by atoms with van der Waals surface area (Å²) in [7, 11) is 1.61. The minimum absolute atomic E-state index is 0.0652. The first kappa shape index (κ1) is 18.3. The molecule has 3 aromatic rings. The maximum atomic E-state index is 12.7. The van der Waals surface area contributed by atoms with Crippen molar-refractivity contribution in [2.75, 3.05) is 33.3 Å². The van der Waals surface area contributed by atoms with Crippen molar-refractivity contribution in [3.05, 3.63) is 78.1 Å². The largest absolute Gasteiger partial charge is 0.497 e. The van der Waals surface area contributed by atoms with Crippen molar-refractivity contribution in [3.63, 3.8) is 0 Å². The summed E-state index contributed by atoms with van der Waals surface area (Å²) >= 11 is 0. The molecule has 4 rings (SSSR count). The third kappa shape index (κ3) is 4.07.